The van der Waals surface area contributed by atoms with Gasteiger partial charge in [-0.1, -0.05) is 0 Å². The van der Waals surface area contributed by atoms with E-state index in [9.17, 15) is 9.90 Å². The highest BCUT2D eigenvalue weighted by molar-refractivity contribution is 5.90. The topological polar surface area (TPSA) is 96.0 Å². The average molecular weight is 280 g/mol. The first kappa shape index (κ1) is 14.6. The number of carboxylic acids is 1. The smallest absolute Gasteiger partial charge is 0.335 e. The second-order valence-electron chi connectivity index (χ2n) is 5.27. The van der Waals surface area contributed by atoms with Crippen molar-refractivity contribution in [3.05, 3.63) is 23.8 Å². The molecular formula is C14H20N2O4. The van der Waals surface area contributed by atoms with Crippen LogP contribution in [0, 0.1) is 0 Å². The molecule has 1 aliphatic rings. The summed E-state index contributed by atoms with van der Waals surface area (Å²) in [6.07, 6.45) is 1.13. The van der Waals surface area contributed by atoms with Crippen molar-refractivity contribution in [3.8, 4) is 0 Å². The lowest BCUT2D eigenvalue weighted by atomic mass is 9.93. The fourth-order valence-electron chi connectivity index (χ4n) is 2.44. The van der Waals surface area contributed by atoms with Gasteiger partial charge in [-0.2, -0.15) is 0 Å². The number of nitrogens with two attached hydrogens (primary N) is 1. The lowest BCUT2D eigenvalue weighted by Crippen LogP contribution is -2.45. The minimum Gasteiger partial charge on any atom is -0.478 e. The zero-order chi connectivity index (χ0) is 14.8. The average Bonchev–Trinajstić information content (AvgIpc) is 2.39. The molecule has 6 heteroatoms. The van der Waals surface area contributed by atoms with Crippen LogP contribution in [0.3, 0.4) is 0 Å². The van der Waals surface area contributed by atoms with Gasteiger partial charge in [0, 0.05) is 39.6 Å². The third-order valence-electron chi connectivity index (χ3n) is 3.64. The SMILES string of the molecule is CN(CC1(O)CCOCC1)c1cc(C(=O)O)ccc1N. The molecule has 1 heterocycles. The number of nitrogen functional groups attached to an aromatic ring is 1. The van der Waals surface area contributed by atoms with Crippen LogP contribution < -0.4 is 10.6 Å². The molecular weight excluding hydrogens is 260 g/mol. The number of hydrogen-bond donors (Lipinski definition) is 3. The fraction of sp³-hybridized carbons (Fsp3) is 0.500. The van der Waals surface area contributed by atoms with Crippen LogP contribution in [0.4, 0.5) is 11.4 Å². The summed E-state index contributed by atoms with van der Waals surface area (Å²) in [5.74, 6) is -0.996. The molecule has 1 aliphatic heterocycles. The maximum atomic E-state index is 11.0. The van der Waals surface area contributed by atoms with Gasteiger partial charge in [-0.05, 0) is 18.2 Å². The van der Waals surface area contributed by atoms with Crippen molar-refractivity contribution >= 4 is 17.3 Å². The molecule has 0 radical (unpaired) electrons. The van der Waals surface area contributed by atoms with E-state index in [-0.39, 0.29) is 5.56 Å². The van der Waals surface area contributed by atoms with Gasteiger partial charge >= 0.3 is 5.97 Å². The van der Waals surface area contributed by atoms with Crippen LogP contribution >= 0.6 is 0 Å². The zero-order valence-electron chi connectivity index (χ0n) is 11.5. The quantitative estimate of drug-likeness (QED) is 0.710. The number of benzene rings is 1. The number of likely N-dealkylation sites (N-methyl/N-ethyl adjacent to an activating group) is 1. The van der Waals surface area contributed by atoms with Gasteiger partial charge in [0.1, 0.15) is 0 Å². The highest BCUT2D eigenvalue weighted by Gasteiger charge is 2.31. The highest BCUT2D eigenvalue weighted by Crippen LogP contribution is 2.28. The molecule has 0 aromatic heterocycles. The van der Waals surface area contributed by atoms with Gasteiger partial charge in [0.25, 0.3) is 0 Å². The number of aromatic carboxylic acids is 1. The first-order chi connectivity index (χ1) is 9.41. The molecule has 0 aliphatic carbocycles. The second kappa shape index (κ2) is 5.68. The lowest BCUT2D eigenvalue weighted by molar-refractivity contribution is -0.0572. The van der Waals surface area contributed by atoms with Gasteiger partial charge in [-0.3, -0.25) is 0 Å². The maximum Gasteiger partial charge on any atom is 0.335 e. The summed E-state index contributed by atoms with van der Waals surface area (Å²) in [6.45, 7) is 1.47. The Hall–Kier alpha value is -1.79. The van der Waals surface area contributed by atoms with Gasteiger partial charge in [-0.15, -0.1) is 0 Å². The van der Waals surface area contributed by atoms with E-state index in [1.165, 1.54) is 12.1 Å². The molecule has 0 spiro atoms. The number of aliphatic hydroxyl groups is 1. The minimum absolute atomic E-state index is 0.181. The summed E-state index contributed by atoms with van der Waals surface area (Å²) in [5.41, 5.74) is 6.37. The first-order valence-corrected chi connectivity index (χ1v) is 6.55. The van der Waals surface area contributed by atoms with Crippen LogP contribution in [0.25, 0.3) is 0 Å². The van der Waals surface area contributed by atoms with Crippen LogP contribution in [0.1, 0.15) is 23.2 Å². The van der Waals surface area contributed by atoms with E-state index < -0.39 is 11.6 Å². The zero-order valence-corrected chi connectivity index (χ0v) is 11.5. The Morgan fingerprint density at radius 1 is 1.45 bits per heavy atom. The Morgan fingerprint density at radius 3 is 2.70 bits per heavy atom. The molecule has 1 aromatic carbocycles. The van der Waals surface area contributed by atoms with Crippen LogP contribution in [-0.2, 0) is 4.74 Å². The highest BCUT2D eigenvalue weighted by atomic mass is 16.5. The van der Waals surface area contributed by atoms with Crippen LogP contribution in [0.5, 0.6) is 0 Å². The molecule has 6 nitrogen and oxygen atoms in total. The lowest BCUT2D eigenvalue weighted by Gasteiger charge is -2.36. The largest absolute Gasteiger partial charge is 0.478 e. The second-order valence-corrected chi connectivity index (χ2v) is 5.27. The van der Waals surface area contributed by atoms with Crippen molar-refractivity contribution in [1.82, 2.24) is 0 Å². The third kappa shape index (κ3) is 3.20. The molecule has 2 rings (SSSR count). The van der Waals surface area contributed by atoms with Gasteiger partial charge in [0.2, 0.25) is 0 Å². The molecule has 0 unspecified atom stereocenters. The van der Waals surface area contributed by atoms with Crippen molar-refractivity contribution in [2.75, 3.05) is 37.4 Å². The molecule has 1 saturated heterocycles. The number of carbonyl (C=O) groups is 1. The summed E-state index contributed by atoms with van der Waals surface area (Å²) in [5, 5.41) is 19.5. The predicted octanol–water partition coefficient (Wildman–Crippen LogP) is 0.945. The summed E-state index contributed by atoms with van der Waals surface area (Å²) in [4.78, 5) is 12.8. The van der Waals surface area contributed by atoms with Gasteiger partial charge in [0.05, 0.1) is 22.5 Å². The molecule has 110 valence electrons. The molecule has 0 bridgehead atoms. The van der Waals surface area contributed by atoms with Crippen molar-refractivity contribution in [2.24, 2.45) is 0 Å². The minimum atomic E-state index is -0.996. The standard InChI is InChI=1S/C14H20N2O4/c1-16(9-14(19)4-6-20-7-5-14)12-8-10(13(17)18)2-3-11(12)15/h2-3,8,19H,4-7,9,15H2,1H3,(H,17,18). The normalized spacial score (nSPS) is 17.7. The van der Waals surface area contributed by atoms with Gasteiger partial charge in [-0.25, -0.2) is 4.79 Å². The van der Waals surface area contributed by atoms with Crippen molar-refractivity contribution in [3.63, 3.8) is 0 Å². The van der Waals surface area contributed by atoms with E-state index in [1.807, 2.05) is 0 Å². The summed E-state index contributed by atoms with van der Waals surface area (Å²) in [6, 6.07) is 4.57. The van der Waals surface area contributed by atoms with Crippen molar-refractivity contribution in [2.45, 2.75) is 18.4 Å². The Bertz CT molecular complexity index is 498. The summed E-state index contributed by atoms with van der Waals surface area (Å²) >= 11 is 0. The van der Waals surface area contributed by atoms with Crippen LogP contribution in [-0.4, -0.2) is 48.6 Å². The molecule has 0 atom stereocenters. The molecule has 1 aromatic rings. The summed E-state index contributed by atoms with van der Waals surface area (Å²) in [7, 11) is 1.80. The summed E-state index contributed by atoms with van der Waals surface area (Å²) < 4.78 is 5.25. The number of nitrogens with zero attached hydrogens (tertiary/aromatic N) is 1. The Morgan fingerprint density at radius 2 is 2.10 bits per heavy atom. The molecule has 4 N–H and O–H groups in total. The maximum absolute atomic E-state index is 11.0. The first-order valence-electron chi connectivity index (χ1n) is 6.55. The predicted molar refractivity (Wildman–Crippen MR) is 76.1 cm³/mol. The van der Waals surface area contributed by atoms with Crippen LogP contribution in [0.15, 0.2) is 18.2 Å². The molecule has 1 fully saturated rings. The Kier molecular flexibility index (Phi) is 4.15. The fourth-order valence-corrected chi connectivity index (χ4v) is 2.44. The van der Waals surface area contributed by atoms with E-state index in [0.717, 1.165) is 0 Å². The van der Waals surface area contributed by atoms with Gasteiger partial charge in [0.15, 0.2) is 0 Å². The molecule has 0 amide bonds. The Balaban J connectivity index is 2.17. The van der Waals surface area contributed by atoms with E-state index in [4.69, 9.17) is 15.6 Å². The Labute approximate surface area is 117 Å². The van der Waals surface area contributed by atoms with E-state index >= 15 is 0 Å². The number of rotatable bonds is 4. The number of ether oxygens (including phenoxy) is 1. The number of anilines is 2. The molecule has 0 saturated carbocycles. The van der Waals surface area contributed by atoms with E-state index in [2.05, 4.69) is 0 Å². The third-order valence-corrected chi connectivity index (χ3v) is 3.64. The number of hydrogen-bond acceptors (Lipinski definition) is 5. The van der Waals surface area contributed by atoms with Crippen LogP contribution in [0.2, 0.25) is 0 Å². The van der Waals surface area contributed by atoms with E-state index in [0.29, 0.717) is 44.0 Å². The van der Waals surface area contributed by atoms with Crippen molar-refractivity contribution < 1.29 is 19.7 Å². The van der Waals surface area contributed by atoms with E-state index in [1.54, 1.807) is 18.0 Å². The van der Waals surface area contributed by atoms with Gasteiger partial charge < -0.3 is 25.6 Å². The molecule has 20 heavy (non-hydrogen) atoms. The monoisotopic (exact) mass is 280 g/mol. The van der Waals surface area contributed by atoms with Crippen molar-refractivity contribution in [1.29, 1.82) is 0 Å². The number of carboxylic acid groups (broad SMARTS) is 1.